The van der Waals surface area contributed by atoms with Crippen molar-refractivity contribution in [3.63, 3.8) is 0 Å². The zero-order valence-corrected chi connectivity index (χ0v) is 21.4. The standard InChI is InChI=1S/C27H31N5O8/c28-13-23(34)30-22(12-16-14-29-19-4-2-1-3-18(16)19)26(38)32-21(11-15-5-7-17(33)8-6-15)25(37)31-20(27(39)40)9-10-24(35)36/h1-8,14,20-22,29,33H,9-13,28H2,(H,30,34)(H,31,37)(H,32,38)(H,35,36)(H,39,40). The molecule has 3 aromatic rings. The van der Waals surface area contributed by atoms with E-state index < -0.39 is 54.2 Å². The van der Waals surface area contributed by atoms with Crippen LogP contribution < -0.4 is 21.7 Å². The third-order valence-electron chi connectivity index (χ3n) is 6.21. The summed E-state index contributed by atoms with van der Waals surface area (Å²) in [6.45, 7) is -0.376. The molecule has 0 aliphatic carbocycles. The molecule has 1 aromatic heterocycles. The van der Waals surface area contributed by atoms with Crippen molar-refractivity contribution in [3.8, 4) is 5.75 Å². The minimum atomic E-state index is -1.51. The number of hydrogen-bond donors (Lipinski definition) is 8. The number of phenolic OH excluding ortho intramolecular Hbond substituents is 1. The van der Waals surface area contributed by atoms with Crippen LogP contribution in [0, 0.1) is 0 Å². The fourth-order valence-corrected chi connectivity index (χ4v) is 4.13. The lowest BCUT2D eigenvalue weighted by Crippen LogP contribution is -2.57. The average molecular weight is 554 g/mol. The van der Waals surface area contributed by atoms with Crippen LogP contribution in [0.25, 0.3) is 10.9 Å². The number of fused-ring (bicyclic) bond motifs is 1. The molecule has 40 heavy (non-hydrogen) atoms. The maximum absolute atomic E-state index is 13.5. The number of nitrogens with two attached hydrogens (primary N) is 1. The van der Waals surface area contributed by atoms with Crippen molar-refractivity contribution in [2.75, 3.05) is 6.54 Å². The van der Waals surface area contributed by atoms with Crippen molar-refractivity contribution in [2.45, 2.75) is 43.8 Å². The number of nitrogens with one attached hydrogen (secondary N) is 4. The Hall–Kier alpha value is -4.91. The summed E-state index contributed by atoms with van der Waals surface area (Å²) >= 11 is 0. The second-order valence-electron chi connectivity index (χ2n) is 9.15. The number of para-hydroxylation sites is 1. The summed E-state index contributed by atoms with van der Waals surface area (Å²) in [7, 11) is 0. The number of aromatic amines is 1. The number of benzene rings is 2. The highest BCUT2D eigenvalue weighted by Crippen LogP contribution is 2.19. The molecule has 212 valence electrons. The lowest BCUT2D eigenvalue weighted by Gasteiger charge is -2.24. The largest absolute Gasteiger partial charge is 0.508 e. The van der Waals surface area contributed by atoms with Gasteiger partial charge in [-0.25, -0.2) is 4.79 Å². The Bertz CT molecular complexity index is 1370. The van der Waals surface area contributed by atoms with E-state index in [9.17, 15) is 34.2 Å². The normalized spacial score (nSPS) is 13.1. The Balaban J connectivity index is 1.86. The maximum atomic E-state index is 13.5. The van der Waals surface area contributed by atoms with Crippen molar-refractivity contribution in [1.82, 2.24) is 20.9 Å². The van der Waals surface area contributed by atoms with Gasteiger partial charge >= 0.3 is 11.9 Å². The van der Waals surface area contributed by atoms with Crippen LogP contribution >= 0.6 is 0 Å². The summed E-state index contributed by atoms with van der Waals surface area (Å²) in [5.41, 5.74) is 7.54. The van der Waals surface area contributed by atoms with Crippen LogP contribution in [0.4, 0.5) is 0 Å². The summed E-state index contributed by atoms with van der Waals surface area (Å²) in [6, 6.07) is 9.27. The molecule has 13 nitrogen and oxygen atoms in total. The molecule has 9 N–H and O–H groups in total. The summed E-state index contributed by atoms with van der Waals surface area (Å²) in [6.07, 6.45) is 0.815. The fourth-order valence-electron chi connectivity index (χ4n) is 4.13. The van der Waals surface area contributed by atoms with Crippen LogP contribution in [-0.4, -0.2) is 74.6 Å². The third-order valence-corrected chi connectivity index (χ3v) is 6.21. The molecule has 0 aliphatic rings. The summed E-state index contributed by atoms with van der Waals surface area (Å²) in [5.74, 6) is -4.86. The van der Waals surface area contributed by atoms with Crippen LogP contribution in [0.5, 0.6) is 5.75 Å². The zero-order valence-electron chi connectivity index (χ0n) is 21.4. The summed E-state index contributed by atoms with van der Waals surface area (Å²) in [5, 5.41) is 36.3. The lowest BCUT2D eigenvalue weighted by atomic mass is 10.0. The topological polar surface area (TPSA) is 224 Å². The van der Waals surface area contributed by atoms with E-state index in [1.807, 2.05) is 24.3 Å². The van der Waals surface area contributed by atoms with Gasteiger partial charge in [0.15, 0.2) is 0 Å². The van der Waals surface area contributed by atoms with Gasteiger partial charge in [-0.15, -0.1) is 0 Å². The van der Waals surface area contributed by atoms with E-state index in [2.05, 4.69) is 20.9 Å². The maximum Gasteiger partial charge on any atom is 0.326 e. The molecular weight excluding hydrogens is 522 g/mol. The van der Waals surface area contributed by atoms with Crippen molar-refractivity contribution in [2.24, 2.45) is 5.73 Å². The van der Waals surface area contributed by atoms with Crippen molar-refractivity contribution < 1.29 is 39.3 Å². The molecule has 0 fully saturated rings. The second kappa shape index (κ2) is 13.8. The van der Waals surface area contributed by atoms with Crippen molar-refractivity contribution in [3.05, 3.63) is 65.9 Å². The Morgan fingerprint density at radius 1 is 0.825 bits per heavy atom. The van der Waals surface area contributed by atoms with Gasteiger partial charge in [0.2, 0.25) is 17.7 Å². The number of aliphatic carboxylic acids is 2. The van der Waals surface area contributed by atoms with E-state index in [-0.39, 0.29) is 31.6 Å². The number of phenols is 1. The number of aromatic hydroxyl groups is 1. The number of carbonyl (C=O) groups excluding carboxylic acids is 3. The molecular formula is C27H31N5O8. The van der Waals surface area contributed by atoms with E-state index in [1.165, 1.54) is 24.3 Å². The van der Waals surface area contributed by atoms with E-state index in [0.29, 0.717) is 5.56 Å². The van der Waals surface area contributed by atoms with Crippen LogP contribution in [0.15, 0.2) is 54.7 Å². The Labute approximate surface area is 228 Å². The highest BCUT2D eigenvalue weighted by atomic mass is 16.4. The highest BCUT2D eigenvalue weighted by molar-refractivity contribution is 5.94. The number of aromatic nitrogens is 1. The van der Waals surface area contributed by atoms with Crippen molar-refractivity contribution >= 4 is 40.6 Å². The Kier molecular flexibility index (Phi) is 10.2. The van der Waals surface area contributed by atoms with Gasteiger partial charge in [0.05, 0.1) is 6.54 Å². The Morgan fingerprint density at radius 3 is 2.08 bits per heavy atom. The highest BCUT2D eigenvalue weighted by Gasteiger charge is 2.30. The zero-order chi connectivity index (χ0) is 29.2. The van der Waals surface area contributed by atoms with Gasteiger partial charge in [0, 0.05) is 36.4 Å². The molecule has 0 saturated heterocycles. The summed E-state index contributed by atoms with van der Waals surface area (Å²) < 4.78 is 0. The molecule has 3 unspecified atom stereocenters. The number of H-pyrrole nitrogens is 1. The lowest BCUT2D eigenvalue weighted by molar-refractivity contribution is -0.143. The predicted molar refractivity (Wildman–Crippen MR) is 143 cm³/mol. The molecule has 3 rings (SSSR count). The molecule has 2 aromatic carbocycles. The third kappa shape index (κ3) is 8.30. The smallest absolute Gasteiger partial charge is 0.326 e. The average Bonchev–Trinajstić information content (AvgIpc) is 3.33. The molecule has 0 spiro atoms. The van der Waals surface area contributed by atoms with Gasteiger partial charge in [0.1, 0.15) is 23.9 Å². The van der Waals surface area contributed by atoms with Crippen LogP contribution in [0.1, 0.15) is 24.0 Å². The van der Waals surface area contributed by atoms with E-state index >= 15 is 0 Å². The molecule has 1 heterocycles. The second-order valence-corrected chi connectivity index (χ2v) is 9.15. The van der Waals surface area contributed by atoms with Gasteiger partial charge in [-0.2, -0.15) is 0 Å². The number of carboxylic acids is 2. The molecule has 0 bridgehead atoms. The van der Waals surface area contributed by atoms with E-state index in [1.54, 1.807) is 6.20 Å². The van der Waals surface area contributed by atoms with E-state index in [0.717, 1.165) is 16.5 Å². The van der Waals surface area contributed by atoms with Crippen LogP contribution in [-0.2, 0) is 36.8 Å². The number of carboxylic acid groups (broad SMARTS) is 2. The van der Waals surface area contributed by atoms with Crippen LogP contribution in [0.3, 0.4) is 0 Å². The van der Waals surface area contributed by atoms with Gasteiger partial charge in [0.25, 0.3) is 0 Å². The molecule has 3 amide bonds. The fraction of sp³-hybridized carbons (Fsp3) is 0.296. The number of carbonyl (C=O) groups is 5. The van der Waals surface area contributed by atoms with Gasteiger partial charge in [-0.1, -0.05) is 30.3 Å². The first-order valence-corrected chi connectivity index (χ1v) is 12.4. The van der Waals surface area contributed by atoms with Gasteiger partial charge < -0.3 is 42.0 Å². The molecule has 13 heteroatoms. The number of amides is 3. The first-order chi connectivity index (χ1) is 19.1. The number of rotatable bonds is 14. The molecule has 0 aliphatic heterocycles. The van der Waals surface area contributed by atoms with Gasteiger partial charge in [-0.05, 0) is 35.7 Å². The van der Waals surface area contributed by atoms with E-state index in [4.69, 9.17) is 10.8 Å². The first-order valence-electron chi connectivity index (χ1n) is 12.4. The summed E-state index contributed by atoms with van der Waals surface area (Å²) in [4.78, 5) is 64.5. The van der Waals surface area contributed by atoms with Crippen molar-refractivity contribution in [1.29, 1.82) is 0 Å². The predicted octanol–water partition coefficient (Wildman–Crippen LogP) is 0.0212. The SMILES string of the molecule is NCC(=O)NC(Cc1c[nH]c2ccccc12)C(=O)NC(Cc1ccc(O)cc1)C(=O)NC(CCC(=O)O)C(=O)O. The van der Waals surface area contributed by atoms with Gasteiger partial charge in [-0.3, -0.25) is 19.2 Å². The molecule has 0 saturated carbocycles. The Morgan fingerprint density at radius 2 is 1.45 bits per heavy atom. The minimum absolute atomic E-state index is 0.0170. The molecule has 0 radical (unpaired) electrons. The van der Waals surface area contributed by atoms with Crippen LogP contribution in [0.2, 0.25) is 0 Å². The number of hydrogen-bond acceptors (Lipinski definition) is 7. The monoisotopic (exact) mass is 553 g/mol. The quantitative estimate of drug-likeness (QED) is 0.134. The minimum Gasteiger partial charge on any atom is -0.508 e. The molecule has 3 atom stereocenters. The first kappa shape index (κ1) is 29.6.